The molecule has 2 aromatic carbocycles. The van der Waals surface area contributed by atoms with Gasteiger partial charge in [0.15, 0.2) is 11.5 Å². The lowest BCUT2D eigenvalue weighted by Crippen LogP contribution is -2.77. The summed E-state index contributed by atoms with van der Waals surface area (Å²) in [6.45, 7) is 5.95. The lowest BCUT2D eigenvalue weighted by Gasteiger charge is -2.68. The number of nitriles is 1. The Morgan fingerprint density at radius 1 is 1.18 bits per heavy atom. The van der Waals surface area contributed by atoms with Gasteiger partial charge in [-0.05, 0) is 57.5 Å². The van der Waals surface area contributed by atoms with Crippen molar-refractivity contribution in [1.29, 1.82) is 5.26 Å². The summed E-state index contributed by atoms with van der Waals surface area (Å²) in [4.78, 5) is 2.44. The van der Waals surface area contributed by atoms with Gasteiger partial charge in [0.1, 0.15) is 18.3 Å². The number of methoxy groups -OCH3 is 1. The first-order chi connectivity index (χ1) is 16.4. The Kier molecular flexibility index (Phi) is 4.69. The van der Waals surface area contributed by atoms with E-state index in [2.05, 4.69) is 62.2 Å². The molecule has 2 fully saturated rings. The van der Waals surface area contributed by atoms with Crippen LogP contribution in [-0.4, -0.2) is 43.3 Å². The fourth-order valence-corrected chi connectivity index (χ4v) is 7.62. The number of aryl methyl sites for hydroxylation is 1. The standard InChI is InChI=1S/C29H32N2O3/c1-19-10-11-23(33-18-21-8-6-5-7-9-21)25-24(19)28-14-15-31(3)20(2)27(28)12-13-29(32-4,26(28)34-25)22(16-27)17-30/h5-13,20,22,26H,14-16,18H2,1-4H3/t20-,22?,26-,27-,28+,29-/m1/s1. The van der Waals surface area contributed by atoms with Crippen molar-refractivity contribution in [3.05, 3.63) is 71.3 Å². The average molecular weight is 457 g/mol. The normalized spacial score (nSPS) is 37.3. The molecule has 5 aliphatic rings. The molecule has 5 nitrogen and oxygen atoms in total. The van der Waals surface area contributed by atoms with Crippen LogP contribution in [0.1, 0.15) is 36.5 Å². The molecule has 2 spiro atoms. The van der Waals surface area contributed by atoms with Crippen LogP contribution in [0.25, 0.3) is 0 Å². The van der Waals surface area contributed by atoms with Crippen molar-refractivity contribution < 1.29 is 14.2 Å². The van der Waals surface area contributed by atoms with Crippen molar-refractivity contribution in [1.82, 2.24) is 4.90 Å². The Bertz CT molecular complexity index is 1200. The van der Waals surface area contributed by atoms with E-state index in [1.165, 1.54) is 11.1 Å². The van der Waals surface area contributed by atoms with Crippen molar-refractivity contribution in [2.75, 3.05) is 20.7 Å². The number of piperidine rings is 1. The average Bonchev–Trinajstić information content (AvgIpc) is 3.25. The van der Waals surface area contributed by atoms with Crippen molar-refractivity contribution in [2.24, 2.45) is 11.3 Å². The highest BCUT2D eigenvalue weighted by molar-refractivity contribution is 5.63. The van der Waals surface area contributed by atoms with Gasteiger partial charge in [-0.25, -0.2) is 0 Å². The largest absolute Gasteiger partial charge is 0.485 e. The van der Waals surface area contributed by atoms with Gasteiger partial charge in [0.25, 0.3) is 0 Å². The molecule has 2 bridgehead atoms. The molecular weight excluding hydrogens is 424 g/mol. The Labute approximate surface area is 201 Å². The highest BCUT2D eigenvalue weighted by Crippen LogP contribution is 2.72. The fourth-order valence-electron chi connectivity index (χ4n) is 7.62. The maximum atomic E-state index is 10.2. The Hall–Kier alpha value is -2.81. The predicted molar refractivity (Wildman–Crippen MR) is 130 cm³/mol. The Balaban J connectivity index is 1.54. The van der Waals surface area contributed by atoms with Crippen molar-refractivity contribution in [2.45, 2.75) is 56.5 Å². The number of benzene rings is 2. The van der Waals surface area contributed by atoms with E-state index in [-0.39, 0.29) is 28.9 Å². The number of likely N-dealkylation sites (tertiary alicyclic amines) is 1. The van der Waals surface area contributed by atoms with Crippen LogP contribution in [0.4, 0.5) is 0 Å². The maximum absolute atomic E-state index is 10.2. The molecule has 5 heteroatoms. The molecule has 1 unspecified atom stereocenters. The van der Waals surface area contributed by atoms with Crippen LogP contribution in [0.5, 0.6) is 11.5 Å². The third-order valence-corrected chi connectivity index (χ3v) is 9.44. The molecule has 2 aromatic rings. The van der Waals surface area contributed by atoms with Gasteiger partial charge in [-0.3, -0.25) is 0 Å². The van der Waals surface area contributed by atoms with Crippen LogP contribution >= 0.6 is 0 Å². The molecule has 34 heavy (non-hydrogen) atoms. The summed E-state index contributed by atoms with van der Waals surface area (Å²) in [5.74, 6) is 1.35. The zero-order valence-corrected chi connectivity index (χ0v) is 20.4. The van der Waals surface area contributed by atoms with Gasteiger partial charge in [0.2, 0.25) is 0 Å². The number of ether oxygens (including phenoxy) is 3. The molecule has 3 aliphatic carbocycles. The van der Waals surface area contributed by atoms with E-state index in [4.69, 9.17) is 14.2 Å². The van der Waals surface area contributed by atoms with Gasteiger partial charge in [-0.2, -0.15) is 5.26 Å². The summed E-state index contributed by atoms with van der Waals surface area (Å²) in [7, 11) is 3.93. The van der Waals surface area contributed by atoms with E-state index in [0.29, 0.717) is 6.61 Å². The summed E-state index contributed by atoms with van der Waals surface area (Å²) >= 11 is 0. The maximum Gasteiger partial charge on any atom is 0.166 e. The molecule has 176 valence electrons. The van der Waals surface area contributed by atoms with Crippen LogP contribution < -0.4 is 9.47 Å². The van der Waals surface area contributed by atoms with Crippen molar-refractivity contribution in [3.8, 4) is 17.6 Å². The van der Waals surface area contributed by atoms with Crippen LogP contribution in [0, 0.1) is 29.6 Å². The zero-order valence-electron chi connectivity index (χ0n) is 20.4. The lowest BCUT2D eigenvalue weighted by molar-refractivity contribution is -0.197. The molecule has 7 rings (SSSR count). The van der Waals surface area contributed by atoms with Crippen LogP contribution in [-0.2, 0) is 16.8 Å². The fraction of sp³-hybridized carbons (Fsp3) is 0.483. The molecule has 6 atom stereocenters. The first-order valence-electron chi connectivity index (χ1n) is 12.3. The SMILES string of the molecule is CO[C@]12C=C[C@@]3(CC1C#N)[C@@H](C)N(C)CC[C@@]31c3c(C)ccc(OCc4ccccc4)c3O[C@H]12. The van der Waals surface area contributed by atoms with E-state index in [1.807, 2.05) is 24.3 Å². The van der Waals surface area contributed by atoms with Gasteiger partial charge in [-0.1, -0.05) is 48.6 Å². The molecule has 0 aromatic heterocycles. The van der Waals surface area contributed by atoms with Crippen LogP contribution in [0.15, 0.2) is 54.6 Å². The molecule has 1 saturated heterocycles. The first kappa shape index (κ1) is 21.7. The zero-order chi connectivity index (χ0) is 23.7. The third-order valence-electron chi connectivity index (χ3n) is 9.44. The summed E-state index contributed by atoms with van der Waals surface area (Å²) in [6.07, 6.45) is 5.99. The van der Waals surface area contributed by atoms with Gasteiger partial charge in [0, 0.05) is 24.1 Å². The van der Waals surface area contributed by atoms with Gasteiger partial charge < -0.3 is 19.1 Å². The Morgan fingerprint density at radius 2 is 1.97 bits per heavy atom. The molecule has 0 amide bonds. The second-order valence-electron chi connectivity index (χ2n) is 10.6. The minimum absolute atomic E-state index is 0.209. The van der Waals surface area contributed by atoms with E-state index < -0.39 is 5.60 Å². The topological polar surface area (TPSA) is 54.7 Å². The molecular formula is C29H32N2O3. The van der Waals surface area contributed by atoms with Crippen molar-refractivity contribution in [3.63, 3.8) is 0 Å². The minimum atomic E-state index is -0.770. The minimum Gasteiger partial charge on any atom is -0.485 e. The lowest BCUT2D eigenvalue weighted by atomic mass is 9.39. The van der Waals surface area contributed by atoms with Gasteiger partial charge >= 0.3 is 0 Å². The first-order valence-corrected chi connectivity index (χ1v) is 12.3. The second-order valence-corrected chi connectivity index (χ2v) is 10.6. The van der Waals surface area contributed by atoms with E-state index >= 15 is 0 Å². The van der Waals surface area contributed by atoms with Gasteiger partial charge in [-0.15, -0.1) is 0 Å². The number of hydrogen-bond donors (Lipinski definition) is 0. The van der Waals surface area contributed by atoms with Crippen molar-refractivity contribution >= 4 is 0 Å². The van der Waals surface area contributed by atoms with Crippen LogP contribution in [0.2, 0.25) is 0 Å². The second kappa shape index (κ2) is 7.34. The summed E-state index contributed by atoms with van der Waals surface area (Å²) in [5, 5.41) is 10.2. The van der Waals surface area contributed by atoms with E-state index in [0.717, 1.165) is 36.4 Å². The molecule has 1 saturated carbocycles. The highest BCUT2D eigenvalue weighted by atomic mass is 16.6. The number of nitrogens with zero attached hydrogens (tertiary/aromatic N) is 2. The molecule has 0 radical (unpaired) electrons. The van der Waals surface area contributed by atoms with Gasteiger partial charge in [0.05, 0.1) is 17.4 Å². The number of hydrogen-bond acceptors (Lipinski definition) is 5. The molecule has 2 aliphatic heterocycles. The predicted octanol–water partition coefficient (Wildman–Crippen LogP) is 4.78. The Morgan fingerprint density at radius 3 is 2.71 bits per heavy atom. The molecule has 2 heterocycles. The number of fused-ring (bicyclic) bond motifs is 2. The van der Waals surface area contributed by atoms with Crippen LogP contribution in [0.3, 0.4) is 0 Å². The number of rotatable bonds is 4. The summed E-state index contributed by atoms with van der Waals surface area (Å²) in [5.41, 5.74) is 2.36. The summed E-state index contributed by atoms with van der Waals surface area (Å²) in [6, 6.07) is 17.3. The van der Waals surface area contributed by atoms with E-state index in [1.54, 1.807) is 7.11 Å². The highest BCUT2D eigenvalue weighted by Gasteiger charge is 2.77. The monoisotopic (exact) mass is 456 g/mol. The summed E-state index contributed by atoms with van der Waals surface area (Å²) < 4.78 is 19.5. The van der Waals surface area contributed by atoms with E-state index in [9.17, 15) is 5.26 Å². The third kappa shape index (κ3) is 2.46. The molecule has 0 N–H and O–H groups in total. The smallest absolute Gasteiger partial charge is 0.166 e. The quantitative estimate of drug-likeness (QED) is 0.620.